The second-order valence-electron chi connectivity index (χ2n) is 6.96. The Hall–Kier alpha value is -1.58. The highest BCUT2D eigenvalue weighted by molar-refractivity contribution is 5.93. The van der Waals surface area contributed by atoms with E-state index in [1.165, 1.54) is 0 Å². The van der Waals surface area contributed by atoms with Crippen molar-refractivity contribution in [3.63, 3.8) is 0 Å². The molecular formula is C17H27N3O. The molecule has 0 spiro atoms. The lowest BCUT2D eigenvalue weighted by Gasteiger charge is -2.26. The van der Waals surface area contributed by atoms with Gasteiger partial charge in [0.2, 0.25) is 0 Å². The van der Waals surface area contributed by atoms with Crippen molar-refractivity contribution in [1.82, 2.24) is 9.88 Å². The number of anilines is 1. The van der Waals surface area contributed by atoms with E-state index in [0.29, 0.717) is 11.6 Å². The summed E-state index contributed by atoms with van der Waals surface area (Å²) >= 11 is 0. The summed E-state index contributed by atoms with van der Waals surface area (Å²) in [5.74, 6) is 0.629. The number of aromatic nitrogens is 1. The van der Waals surface area contributed by atoms with Crippen molar-refractivity contribution < 1.29 is 4.79 Å². The van der Waals surface area contributed by atoms with Crippen LogP contribution in [0.2, 0.25) is 0 Å². The number of hydrogen-bond donors (Lipinski definition) is 1. The maximum atomic E-state index is 12.6. The molecular weight excluding hydrogens is 262 g/mol. The number of nitrogens with one attached hydrogen (secondary N) is 1. The summed E-state index contributed by atoms with van der Waals surface area (Å²) in [5, 5.41) is 3.30. The molecule has 1 aromatic rings. The van der Waals surface area contributed by atoms with Gasteiger partial charge in [-0.2, -0.15) is 0 Å². The van der Waals surface area contributed by atoms with E-state index in [1.54, 1.807) is 6.20 Å². The number of nitrogens with zero attached hydrogens (tertiary/aromatic N) is 2. The standard InChI is InChI=1S/C17H27N3O/c1-5-8-18-14-6-9-19-15(11-14)16(21)20-10-7-13(12-20)17(2,3)4/h6,9,11,13H,5,7-8,10,12H2,1-4H3,(H,18,19). The van der Waals surface area contributed by atoms with Crippen LogP contribution in [0, 0.1) is 11.3 Å². The van der Waals surface area contributed by atoms with Crippen LogP contribution >= 0.6 is 0 Å². The van der Waals surface area contributed by atoms with E-state index in [2.05, 4.69) is 38.0 Å². The summed E-state index contributed by atoms with van der Waals surface area (Å²) in [5.41, 5.74) is 1.78. The molecule has 1 amide bonds. The molecule has 0 saturated carbocycles. The molecule has 1 aliphatic heterocycles. The molecule has 116 valence electrons. The third-order valence-corrected chi connectivity index (χ3v) is 4.26. The molecule has 1 aliphatic rings. The smallest absolute Gasteiger partial charge is 0.272 e. The molecule has 1 fully saturated rings. The molecule has 4 nitrogen and oxygen atoms in total. The van der Waals surface area contributed by atoms with Crippen LogP contribution in [-0.2, 0) is 0 Å². The molecule has 4 heteroatoms. The van der Waals surface area contributed by atoms with Gasteiger partial charge in [0.1, 0.15) is 5.69 Å². The van der Waals surface area contributed by atoms with Crippen molar-refractivity contribution >= 4 is 11.6 Å². The minimum absolute atomic E-state index is 0.0573. The van der Waals surface area contributed by atoms with Crippen LogP contribution in [0.3, 0.4) is 0 Å². The van der Waals surface area contributed by atoms with Crippen LogP contribution in [0.1, 0.15) is 51.0 Å². The molecule has 1 aromatic heterocycles. The van der Waals surface area contributed by atoms with Gasteiger partial charge in [-0.3, -0.25) is 9.78 Å². The molecule has 2 rings (SSSR count). The number of hydrogen-bond acceptors (Lipinski definition) is 3. The van der Waals surface area contributed by atoms with Gasteiger partial charge in [-0.05, 0) is 36.3 Å². The van der Waals surface area contributed by atoms with Gasteiger partial charge in [0, 0.05) is 31.5 Å². The fraction of sp³-hybridized carbons (Fsp3) is 0.647. The molecule has 2 heterocycles. The number of rotatable bonds is 4. The maximum Gasteiger partial charge on any atom is 0.272 e. The largest absolute Gasteiger partial charge is 0.385 e. The quantitative estimate of drug-likeness (QED) is 0.924. The fourth-order valence-corrected chi connectivity index (χ4v) is 2.74. The molecule has 0 aromatic carbocycles. The number of amides is 1. The van der Waals surface area contributed by atoms with Gasteiger partial charge in [0.15, 0.2) is 0 Å². The topological polar surface area (TPSA) is 45.2 Å². The van der Waals surface area contributed by atoms with Crippen molar-refractivity contribution in [2.75, 3.05) is 25.0 Å². The molecule has 0 aliphatic carbocycles. The number of carbonyl (C=O) groups is 1. The number of pyridine rings is 1. The lowest BCUT2D eigenvalue weighted by atomic mass is 9.80. The average Bonchev–Trinajstić information content (AvgIpc) is 2.94. The van der Waals surface area contributed by atoms with Crippen LogP contribution in [0.5, 0.6) is 0 Å². The molecule has 1 N–H and O–H groups in total. The highest BCUT2D eigenvalue weighted by Crippen LogP contribution is 2.34. The predicted octanol–water partition coefficient (Wildman–Crippen LogP) is 3.41. The van der Waals surface area contributed by atoms with Crippen LogP contribution in [0.15, 0.2) is 18.3 Å². The van der Waals surface area contributed by atoms with Crippen LogP contribution in [-0.4, -0.2) is 35.4 Å². The lowest BCUT2D eigenvalue weighted by Crippen LogP contribution is -2.31. The zero-order valence-corrected chi connectivity index (χ0v) is 13.6. The van der Waals surface area contributed by atoms with E-state index < -0.39 is 0 Å². The summed E-state index contributed by atoms with van der Waals surface area (Å²) in [6, 6.07) is 3.77. The van der Waals surface area contributed by atoms with E-state index >= 15 is 0 Å². The minimum atomic E-state index is 0.0573. The van der Waals surface area contributed by atoms with E-state index in [4.69, 9.17) is 0 Å². The lowest BCUT2D eigenvalue weighted by molar-refractivity contribution is 0.0771. The Morgan fingerprint density at radius 2 is 2.24 bits per heavy atom. The Kier molecular flexibility index (Phi) is 4.86. The van der Waals surface area contributed by atoms with Gasteiger partial charge in [-0.1, -0.05) is 27.7 Å². The maximum absolute atomic E-state index is 12.6. The number of likely N-dealkylation sites (tertiary alicyclic amines) is 1. The highest BCUT2D eigenvalue weighted by atomic mass is 16.2. The van der Waals surface area contributed by atoms with Crippen molar-refractivity contribution in [2.45, 2.75) is 40.5 Å². The van der Waals surface area contributed by atoms with Gasteiger partial charge < -0.3 is 10.2 Å². The third-order valence-electron chi connectivity index (χ3n) is 4.26. The Morgan fingerprint density at radius 1 is 1.48 bits per heavy atom. The van der Waals surface area contributed by atoms with E-state index in [-0.39, 0.29) is 11.3 Å². The Balaban J connectivity index is 2.04. The molecule has 1 unspecified atom stereocenters. The van der Waals surface area contributed by atoms with Crippen LogP contribution in [0.4, 0.5) is 5.69 Å². The monoisotopic (exact) mass is 289 g/mol. The van der Waals surface area contributed by atoms with Gasteiger partial charge in [0.25, 0.3) is 5.91 Å². The van der Waals surface area contributed by atoms with Crippen LogP contribution in [0.25, 0.3) is 0 Å². The molecule has 1 atom stereocenters. The van der Waals surface area contributed by atoms with E-state index in [0.717, 1.165) is 38.2 Å². The van der Waals surface area contributed by atoms with Crippen molar-refractivity contribution in [1.29, 1.82) is 0 Å². The molecule has 0 radical (unpaired) electrons. The first-order valence-electron chi connectivity index (χ1n) is 7.91. The van der Waals surface area contributed by atoms with Gasteiger partial charge >= 0.3 is 0 Å². The van der Waals surface area contributed by atoms with Crippen molar-refractivity contribution in [2.24, 2.45) is 11.3 Å². The Bertz CT molecular complexity index is 493. The highest BCUT2D eigenvalue weighted by Gasteiger charge is 2.34. The summed E-state index contributed by atoms with van der Waals surface area (Å²) in [6.07, 6.45) is 3.86. The molecule has 1 saturated heterocycles. The van der Waals surface area contributed by atoms with Crippen molar-refractivity contribution in [3.05, 3.63) is 24.0 Å². The normalized spacial score (nSPS) is 18.9. The number of carbonyl (C=O) groups excluding carboxylic acids is 1. The molecule has 21 heavy (non-hydrogen) atoms. The first-order chi connectivity index (χ1) is 9.91. The Labute approximate surface area is 127 Å². The summed E-state index contributed by atoms with van der Waals surface area (Å²) in [4.78, 5) is 18.8. The Morgan fingerprint density at radius 3 is 2.86 bits per heavy atom. The third kappa shape index (κ3) is 3.96. The second kappa shape index (κ2) is 6.46. The SMILES string of the molecule is CCCNc1ccnc(C(=O)N2CCC(C(C)(C)C)C2)c1. The summed E-state index contributed by atoms with van der Waals surface area (Å²) in [6.45, 7) is 11.5. The molecule has 0 bridgehead atoms. The van der Waals surface area contributed by atoms with Crippen molar-refractivity contribution in [3.8, 4) is 0 Å². The zero-order chi connectivity index (χ0) is 15.5. The van der Waals surface area contributed by atoms with Gasteiger partial charge in [-0.25, -0.2) is 0 Å². The van der Waals surface area contributed by atoms with E-state index in [1.807, 2.05) is 17.0 Å². The summed E-state index contributed by atoms with van der Waals surface area (Å²) in [7, 11) is 0. The fourth-order valence-electron chi connectivity index (χ4n) is 2.74. The van der Waals surface area contributed by atoms with Gasteiger partial charge in [0.05, 0.1) is 0 Å². The van der Waals surface area contributed by atoms with E-state index in [9.17, 15) is 4.79 Å². The first-order valence-corrected chi connectivity index (χ1v) is 7.91. The predicted molar refractivity (Wildman–Crippen MR) is 86.5 cm³/mol. The first kappa shape index (κ1) is 15.8. The summed E-state index contributed by atoms with van der Waals surface area (Å²) < 4.78 is 0. The second-order valence-corrected chi connectivity index (χ2v) is 6.96. The average molecular weight is 289 g/mol. The minimum Gasteiger partial charge on any atom is -0.385 e. The van der Waals surface area contributed by atoms with Crippen LogP contribution < -0.4 is 5.32 Å². The van der Waals surface area contributed by atoms with Gasteiger partial charge in [-0.15, -0.1) is 0 Å². The zero-order valence-electron chi connectivity index (χ0n) is 13.6.